The fourth-order valence-corrected chi connectivity index (χ4v) is 3.11. The van der Waals surface area contributed by atoms with Crippen LogP contribution in [-0.4, -0.2) is 30.0 Å². The summed E-state index contributed by atoms with van der Waals surface area (Å²) in [6, 6.07) is 16.9. The van der Waals surface area contributed by atoms with Gasteiger partial charge in [0.05, 0.1) is 5.56 Å². The van der Waals surface area contributed by atoms with Crippen molar-refractivity contribution in [1.82, 2.24) is 9.97 Å². The number of aromatic nitrogens is 2. The molecule has 1 aromatic heterocycles. The molecular weight excluding hydrogens is 453 g/mol. The number of nitrogens with one attached hydrogen (secondary N) is 2. The molecule has 0 aliphatic carbocycles. The molecule has 0 saturated heterocycles. The minimum Gasteiger partial charge on any atom is -0.363 e. The third kappa shape index (κ3) is 4.94. The molecule has 0 spiro atoms. The van der Waals surface area contributed by atoms with Crippen molar-refractivity contribution >= 4 is 51.5 Å². The zero-order chi connectivity index (χ0) is 19.4. The van der Waals surface area contributed by atoms with Crippen LogP contribution in [0.4, 0.5) is 23.0 Å². The van der Waals surface area contributed by atoms with Gasteiger partial charge in [0, 0.05) is 35.1 Å². The summed E-state index contributed by atoms with van der Waals surface area (Å²) >= 11 is 2.16. The second-order valence-corrected chi connectivity index (χ2v) is 7.35. The van der Waals surface area contributed by atoms with E-state index < -0.39 is 0 Å². The Labute approximate surface area is 172 Å². The van der Waals surface area contributed by atoms with E-state index in [1.165, 1.54) is 0 Å². The summed E-state index contributed by atoms with van der Waals surface area (Å²) in [6.07, 6.45) is 0. The van der Waals surface area contributed by atoms with E-state index in [1.54, 1.807) is 0 Å². The molecule has 0 radical (unpaired) electrons. The predicted molar refractivity (Wildman–Crippen MR) is 118 cm³/mol. The van der Waals surface area contributed by atoms with Crippen molar-refractivity contribution in [2.45, 2.75) is 6.92 Å². The van der Waals surface area contributed by atoms with Gasteiger partial charge in [0.25, 0.3) is 5.91 Å². The van der Waals surface area contributed by atoms with Gasteiger partial charge in [-0.05, 0) is 65.9 Å². The number of anilines is 4. The third-order valence-electron chi connectivity index (χ3n) is 3.82. The van der Waals surface area contributed by atoms with E-state index in [2.05, 4.69) is 43.2 Å². The van der Waals surface area contributed by atoms with Gasteiger partial charge >= 0.3 is 0 Å². The zero-order valence-electron chi connectivity index (χ0n) is 15.3. The molecule has 1 amide bonds. The number of benzene rings is 2. The Kier molecular flexibility index (Phi) is 5.90. The first-order valence-corrected chi connectivity index (χ1v) is 9.46. The van der Waals surface area contributed by atoms with Crippen LogP contribution in [0.5, 0.6) is 0 Å². The van der Waals surface area contributed by atoms with Crippen LogP contribution in [0.3, 0.4) is 0 Å². The van der Waals surface area contributed by atoms with Gasteiger partial charge in [-0.1, -0.05) is 12.1 Å². The quantitative estimate of drug-likeness (QED) is 0.536. The summed E-state index contributed by atoms with van der Waals surface area (Å²) in [5.41, 5.74) is 2.27. The Bertz CT molecular complexity index is 957. The van der Waals surface area contributed by atoms with E-state index in [0.29, 0.717) is 11.4 Å². The standard InChI is InChI=1S/C20H20IN5O/c1-13-22-18(12-19(23-13)26(2)3)24-14-8-10-15(11-9-14)25-20(27)16-6-4-5-7-17(16)21/h4-12H,1-3H3,(H,25,27)(H,22,23,24). The fourth-order valence-electron chi connectivity index (χ4n) is 2.47. The van der Waals surface area contributed by atoms with Gasteiger partial charge in [0.2, 0.25) is 0 Å². The first-order valence-electron chi connectivity index (χ1n) is 8.38. The Balaban J connectivity index is 1.71. The molecule has 0 saturated carbocycles. The van der Waals surface area contributed by atoms with Crippen molar-refractivity contribution in [3.8, 4) is 0 Å². The molecule has 0 bridgehead atoms. The lowest BCUT2D eigenvalue weighted by molar-refractivity contribution is 0.102. The molecule has 2 aromatic carbocycles. The van der Waals surface area contributed by atoms with E-state index in [9.17, 15) is 4.79 Å². The van der Waals surface area contributed by atoms with Crippen molar-refractivity contribution in [3.63, 3.8) is 0 Å². The highest BCUT2D eigenvalue weighted by Crippen LogP contribution is 2.21. The predicted octanol–water partition coefficient (Wildman–Crippen LogP) is 4.45. The van der Waals surface area contributed by atoms with Crippen LogP contribution >= 0.6 is 22.6 Å². The van der Waals surface area contributed by atoms with Gasteiger partial charge < -0.3 is 15.5 Å². The number of aryl methyl sites for hydroxylation is 1. The molecule has 27 heavy (non-hydrogen) atoms. The second kappa shape index (κ2) is 8.34. The SMILES string of the molecule is Cc1nc(Nc2ccc(NC(=O)c3ccccc3I)cc2)cc(N(C)C)n1. The van der Waals surface area contributed by atoms with Crippen molar-refractivity contribution in [1.29, 1.82) is 0 Å². The lowest BCUT2D eigenvalue weighted by Gasteiger charge is -2.14. The van der Waals surface area contributed by atoms with Gasteiger partial charge in [-0.2, -0.15) is 0 Å². The van der Waals surface area contributed by atoms with Gasteiger partial charge in [0.15, 0.2) is 0 Å². The van der Waals surface area contributed by atoms with Gasteiger partial charge in [-0.15, -0.1) is 0 Å². The summed E-state index contributed by atoms with van der Waals surface area (Å²) in [6.45, 7) is 1.86. The van der Waals surface area contributed by atoms with Crippen molar-refractivity contribution in [2.24, 2.45) is 0 Å². The summed E-state index contributed by atoms with van der Waals surface area (Å²) in [4.78, 5) is 23.1. The highest BCUT2D eigenvalue weighted by molar-refractivity contribution is 14.1. The number of hydrogen-bond acceptors (Lipinski definition) is 5. The van der Waals surface area contributed by atoms with Crippen LogP contribution in [0.15, 0.2) is 54.6 Å². The Hall–Kier alpha value is -2.68. The number of nitrogens with zero attached hydrogens (tertiary/aromatic N) is 3. The lowest BCUT2D eigenvalue weighted by atomic mass is 10.2. The van der Waals surface area contributed by atoms with Crippen LogP contribution in [0.2, 0.25) is 0 Å². The highest BCUT2D eigenvalue weighted by Gasteiger charge is 2.09. The maximum Gasteiger partial charge on any atom is 0.256 e. The fraction of sp³-hybridized carbons (Fsp3) is 0.150. The van der Waals surface area contributed by atoms with Crippen LogP contribution in [-0.2, 0) is 0 Å². The summed E-state index contributed by atoms with van der Waals surface area (Å²) in [7, 11) is 3.88. The average molecular weight is 473 g/mol. The molecule has 0 aliphatic heterocycles. The van der Waals surface area contributed by atoms with Crippen molar-refractivity contribution < 1.29 is 4.79 Å². The van der Waals surface area contributed by atoms with Gasteiger partial charge in [0.1, 0.15) is 17.5 Å². The summed E-state index contributed by atoms with van der Waals surface area (Å²) in [5.74, 6) is 2.14. The third-order valence-corrected chi connectivity index (χ3v) is 4.76. The Morgan fingerprint density at radius 3 is 2.33 bits per heavy atom. The molecule has 3 rings (SSSR count). The van der Waals surface area contributed by atoms with E-state index in [1.807, 2.05) is 80.5 Å². The number of carbonyl (C=O) groups is 1. The first kappa shape index (κ1) is 19.1. The van der Waals surface area contributed by atoms with E-state index in [-0.39, 0.29) is 5.91 Å². The molecule has 6 nitrogen and oxygen atoms in total. The van der Waals surface area contributed by atoms with Crippen LogP contribution in [0.1, 0.15) is 16.2 Å². The topological polar surface area (TPSA) is 70.2 Å². The Morgan fingerprint density at radius 2 is 1.67 bits per heavy atom. The van der Waals surface area contributed by atoms with Gasteiger partial charge in [-0.25, -0.2) is 9.97 Å². The second-order valence-electron chi connectivity index (χ2n) is 6.19. The minimum absolute atomic E-state index is 0.122. The molecule has 138 valence electrons. The smallest absolute Gasteiger partial charge is 0.256 e. The minimum atomic E-state index is -0.122. The molecule has 0 aliphatic rings. The largest absolute Gasteiger partial charge is 0.363 e. The maximum absolute atomic E-state index is 12.4. The van der Waals surface area contributed by atoms with Crippen LogP contribution in [0, 0.1) is 10.5 Å². The summed E-state index contributed by atoms with van der Waals surface area (Å²) in [5, 5.41) is 6.19. The van der Waals surface area contributed by atoms with Crippen LogP contribution in [0.25, 0.3) is 0 Å². The molecule has 0 fully saturated rings. The molecule has 2 N–H and O–H groups in total. The lowest BCUT2D eigenvalue weighted by Crippen LogP contribution is -2.13. The number of halogens is 1. The van der Waals surface area contributed by atoms with E-state index >= 15 is 0 Å². The molecular formula is C20H20IN5O. The normalized spacial score (nSPS) is 10.4. The van der Waals surface area contributed by atoms with E-state index in [4.69, 9.17) is 0 Å². The molecule has 7 heteroatoms. The molecule has 0 atom stereocenters. The van der Waals surface area contributed by atoms with Gasteiger partial charge in [-0.3, -0.25) is 4.79 Å². The molecule has 3 aromatic rings. The van der Waals surface area contributed by atoms with Crippen molar-refractivity contribution in [2.75, 3.05) is 29.6 Å². The number of carbonyl (C=O) groups excluding carboxylic acids is 1. The van der Waals surface area contributed by atoms with E-state index in [0.717, 1.165) is 26.6 Å². The number of rotatable bonds is 5. The molecule has 1 heterocycles. The Morgan fingerprint density at radius 1 is 1.00 bits per heavy atom. The maximum atomic E-state index is 12.4. The number of hydrogen-bond donors (Lipinski definition) is 2. The van der Waals surface area contributed by atoms with Crippen molar-refractivity contribution in [3.05, 3.63) is 69.6 Å². The monoisotopic (exact) mass is 473 g/mol. The number of amides is 1. The summed E-state index contributed by atoms with van der Waals surface area (Å²) < 4.78 is 0.918. The van der Waals surface area contributed by atoms with Crippen LogP contribution < -0.4 is 15.5 Å². The average Bonchev–Trinajstić information content (AvgIpc) is 2.63. The highest BCUT2D eigenvalue weighted by atomic mass is 127. The first-order chi connectivity index (χ1) is 12.9. The zero-order valence-corrected chi connectivity index (χ0v) is 17.5. The molecule has 0 unspecified atom stereocenters.